The van der Waals surface area contributed by atoms with Gasteiger partial charge in [-0.2, -0.15) is 4.98 Å². The van der Waals surface area contributed by atoms with Crippen molar-refractivity contribution in [1.29, 1.82) is 0 Å². The number of rotatable bonds is 3. The van der Waals surface area contributed by atoms with Gasteiger partial charge in [-0.15, -0.1) is 0 Å². The van der Waals surface area contributed by atoms with Gasteiger partial charge in [0.05, 0.1) is 11.7 Å². The van der Waals surface area contributed by atoms with E-state index in [1.807, 2.05) is 35.8 Å². The summed E-state index contributed by atoms with van der Waals surface area (Å²) in [6.07, 6.45) is 7.03. The Bertz CT molecular complexity index is 1340. The standard InChI is InChI=1S/C23H27N7O/c1-14-11-18-15(5-4-10-25-18)12-17(14)27-21-26-13-19-20(28-21)30(22(31)29(19)3)16-6-8-23(2,24)9-7-16/h4-5,10-13,16H,6-9,24H2,1-3H3,(H,26,27,28)/t16-,23-. The van der Waals surface area contributed by atoms with Crippen molar-refractivity contribution in [3.63, 3.8) is 0 Å². The molecule has 160 valence electrons. The van der Waals surface area contributed by atoms with Crippen LogP contribution in [0.2, 0.25) is 0 Å². The summed E-state index contributed by atoms with van der Waals surface area (Å²) < 4.78 is 3.46. The molecule has 3 heterocycles. The summed E-state index contributed by atoms with van der Waals surface area (Å²) in [5.74, 6) is 0.470. The molecule has 1 fully saturated rings. The number of hydrogen-bond acceptors (Lipinski definition) is 6. The Morgan fingerprint density at radius 2 is 2.00 bits per heavy atom. The van der Waals surface area contributed by atoms with Gasteiger partial charge in [-0.1, -0.05) is 6.07 Å². The molecule has 5 rings (SSSR count). The van der Waals surface area contributed by atoms with E-state index in [0.29, 0.717) is 11.6 Å². The van der Waals surface area contributed by atoms with Crippen LogP contribution in [-0.4, -0.2) is 29.6 Å². The molecular weight excluding hydrogens is 390 g/mol. The first-order valence-electron chi connectivity index (χ1n) is 10.7. The summed E-state index contributed by atoms with van der Waals surface area (Å²) in [6.45, 7) is 4.11. The molecule has 1 aliphatic rings. The van der Waals surface area contributed by atoms with Crippen LogP contribution in [0.3, 0.4) is 0 Å². The minimum Gasteiger partial charge on any atom is -0.325 e. The van der Waals surface area contributed by atoms with E-state index < -0.39 is 0 Å². The third-order valence-electron chi connectivity index (χ3n) is 6.49. The van der Waals surface area contributed by atoms with Crippen molar-refractivity contribution in [3.05, 3.63) is 52.7 Å². The number of nitrogens with two attached hydrogens (primary N) is 1. The van der Waals surface area contributed by atoms with E-state index in [1.54, 1.807) is 24.0 Å². The highest BCUT2D eigenvalue weighted by molar-refractivity contribution is 5.85. The van der Waals surface area contributed by atoms with Gasteiger partial charge < -0.3 is 11.1 Å². The molecule has 0 amide bonds. The molecule has 0 atom stereocenters. The van der Waals surface area contributed by atoms with Crippen molar-refractivity contribution < 1.29 is 0 Å². The van der Waals surface area contributed by atoms with Gasteiger partial charge in [-0.05, 0) is 63.3 Å². The SMILES string of the molecule is Cc1cc2ncccc2cc1Nc1ncc2c(n1)n([C@H]1CC[C@](C)(N)CC1)c(=O)n2C. The topological polar surface area (TPSA) is 104 Å². The maximum Gasteiger partial charge on any atom is 0.330 e. The number of aryl methyl sites for hydroxylation is 2. The van der Waals surface area contributed by atoms with Crippen LogP contribution < -0.4 is 16.7 Å². The third kappa shape index (κ3) is 3.46. The Hall–Kier alpha value is -3.26. The predicted octanol–water partition coefficient (Wildman–Crippen LogP) is 3.56. The largest absolute Gasteiger partial charge is 0.330 e. The first kappa shape index (κ1) is 19.7. The highest BCUT2D eigenvalue weighted by atomic mass is 16.1. The Balaban J connectivity index is 1.54. The number of nitrogens with zero attached hydrogens (tertiary/aromatic N) is 5. The highest BCUT2D eigenvalue weighted by Gasteiger charge is 2.30. The number of pyridine rings is 1. The lowest BCUT2D eigenvalue weighted by molar-refractivity contribution is 0.251. The molecular formula is C23H27N7O. The van der Waals surface area contributed by atoms with Crippen LogP contribution in [0.5, 0.6) is 0 Å². The quantitative estimate of drug-likeness (QED) is 0.528. The van der Waals surface area contributed by atoms with Gasteiger partial charge in [0.1, 0.15) is 5.52 Å². The summed E-state index contributed by atoms with van der Waals surface area (Å²) in [5.41, 5.74) is 10.4. The summed E-state index contributed by atoms with van der Waals surface area (Å²) in [4.78, 5) is 26.7. The van der Waals surface area contributed by atoms with Crippen molar-refractivity contribution in [2.75, 3.05) is 5.32 Å². The van der Waals surface area contributed by atoms with Crippen LogP contribution in [0.15, 0.2) is 41.5 Å². The van der Waals surface area contributed by atoms with Crippen molar-refractivity contribution in [2.24, 2.45) is 12.8 Å². The number of benzene rings is 1. The molecule has 8 heteroatoms. The van der Waals surface area contributed by atoms with Gasteiger partial charge in [0, 0.05) is 35.9 Å². The normalized spacial score (nSPS) is 21.6. The minimum absolute atomic E-state index is 0.0555. The van der Waals surface area contributed by atoms with Gasteiger partial charge in [-0.25, -0.2) is 9.78 Å². The molecule has 0 spiro atoms. The first-order valence-corrected chi connectivity index (χ1v) is 10.7. The Morgan fingerprint density at radius 3 is 2.77 bits per heavy atom. The molecule has 1 saturated carbocycles. The molecule has 31 heavy (non-hydrogen) atoms. The molecule has 0 saturated heterocycles. The highest BCUT2D eigenvalue weighted by Crippen LogP contribution is 2.34. The molecule has 3 N–H and O–H groups in total. The number of anilines is 2. The zero-order valence-electron chi connectivity index (χ0n) is 18.1. The van der Waals surface area contributed by atoms with E-state index in [2.05, 4.69) is 22.2 Å². The Labute approximate surface area is 180 Å². The number of nitrogens with one attached hydrogen (secondary N) is 1. The fourth-order valence-corrected chi connectivity index (χ4v) is 4.53. The van der Waals surface area contributed by atoms with Gasteiger partial charge in [0.25, 0.3) is 0 Å². The lowest BCUT2D eigenvalue weighted by Gasteiger charge is -2.34. The second-order valence-electron chi connectivity index (χ2n) is 8.99. The summed E-state index contributed by atoms with van der Waals surface area (Å²) in [6, 6.07) is 8.14. The predicted molar refractivity (Wildman–Crippen MR) is 123 cm³/mol. The number of hydrogen-bond donors (Lipinski definition) is 2. The van der Waals surface area contributed by atoms with Crippen LogP contribution in [0, 0.1) is 6.92 Å². The van der Waals surface area contributed by atoms with E-state index in [4.69, 9.17) is 10.7 Å². The van der Waals surface area contributed by atoms with Crippen LogP contribution in [0.1, 0.15) is 44.2 Å². The molecule has 8 nitrogen and oxygen atoms in total. The zero-order chi connectivity index (χ0) is 21.8. The monoisotopic (exact) mass is 417 g/mol. The van der Waals surface area contributed by atoms with Crippen molar-refractivity contribution in [1.82, 2.24) is 24.1 Å². The van der Waals surface area contributed by atoms with Gasteiger partial charge >= 0.3 is 5.69 Å². The van der Waals surface area contributed by atoms with Crippen LogP contribution in [-0.2, 0) is 7.05 Å². The lowest BCUT2D eigenvalue weighted by Crippen LogP contribution is -2.41. The average Bonchev–Trinajstić information content (AvgIpc) is 2.99. The van der Waals surface area contributed by atoms with Gasteiger partial charge in [0.2, 0.25) is 5.95 Å². The molecule has 4 aromatic rings. The van der Waals surface area contributed by atoms with E-state index in [9.17, 15) is 4.79 Å². The molecule has 3 aromatic heterocycles. The number of imidazole rings is 1. The smallest absolute Gasteiger partial charge is 0.325 e. The van der Waals surface area contributed by atoms with E-state index in [-0.39, 0.29) is 17.3 Å². The molecule has 0 unspecified atom stereocenters. The third-order valence-corrected chi connectivity index (χ3v) is 6.49. The fourth-order valence-electron chi connectivity index (χ4n) is 4.53. The number of fused-ring (bicyclic) bond motifs is 2. The first-order chi connectivity index (χ1) is 14.8. The summed E-state index contributed by atoms with van der Waals surface area (Å²) >= 11 is 0. The van der Waals surface area contributed by atoms with Gasteiger partial charge in [-0.3, -0.25) is 14.1 Å². The summed E-state index contributed by atoms with van der Waals surface area (Å²) in [5, 5.41) is 4.38. The van der Waals surface area contributed by atoms with Crippen LogP contribution in [0.25, 0.3) is 22.1 Å². The van der Waals surface area contributed by atoms with E-state index >= 15 is 0 Å². The average molecular weight is 418 g/mol. The van der Waals surface area contributed by atoms with Crippen LogP contribution in [0.4, 0.5) is 11.6 Å². The van der Waals surface area contributed by atoms with Crippen molar-refractivity contribution in [3.8, 4) is 0 Å². The second kappa shape index (κ2) is 7.16. The molecule has 0 aliphatic heterocycles. The van der Waals surface area contributed by atoms with E-state index in [0.717, 1.165) is 53.4 Å². The molecule has 1 aromatic carbocycles. The van der Waals surface area contributed by atoms with Crippen molar-refractivity contribution >= 4 is 33.7 Å². The molecule has 0 bridgehead atoms. The summed E-state index contributed by atoms with van der Waals surface area (Å²) in [7, 11) is 1.77. The Morgan fingerprint density at radius 1 is 1.23 bits per heavy atom. The lowest BCUT2D eigenvalue weighted by atomic mass is 9.81. The molecule has 0 radical (unpaired) electrons. The fraction of sp³-hybridized carbons (Fsp3) is 0.391. The Kier molecular flexibility index (Phi) is 4.55. The van der Waals surface area contributed by atoms with Crippen molar-refractivity contribution in [2.45, 2.75) is 51.1 Å². The minimum atomic E-state index is -0.158. The maximum absolute atomic E-state index is 13.0. The maximum atomic E-state index is 13.0. The van der Waals surface area contributed by atoms with Crippen LogP contribution >= 0.6 is 0 Å². The molecule has 1 aliphatic carbocycles. The zero-order valence-corrected chi connectivity index (χ0v) is 18.1. The second-order valence-corrected chi connectivity index (χ2v) is 8.99. The van der Waals surface area contributed by atoms with Gasteiger partial charge in [0.15, 0.2) is 5.65 Å². The number of aromatic nitrogens is 5. The van der Waals surface area contributed by atoms with E-state index in [1.165, 1.54) is 0 Å².